The van der Waals surface area contributed by atoms with E-state index in [1.165, 1.54) is 0 Å². The normalized spacial score (nSPS) is 13.4. The summed E-state index contributed by atoms with van der Waals surface area (Å²) in [6.07, 6.45) is -6.19. The summed E-state index contributed by atoms with van der Waals surface area (Å²) in [6.45, 7) is 2.98. The number of nitrogen functional groups attached to an aromatic ring is 1. The molecule has 0 aliphatic heterocycles. The maximum Gasteiger partial charge on any atom is 0.414 e. The van der Waals surface area contributed by atoms with Crippen LogP contribution < -0.4 is 10.5 Å². The topological polar surface area (TPSA) is 44.5 Å². The minimum absolute atomic E-state index is 0.193. The first kappa shape index (κ1) is 14.6. The molecule has 3 nitrogen and oxygen atoms in total. The van der Waals surface area contributed by atoms with Crippen molar-refractivity contribution in [3.05, 3.63) is 23.8 Å². The van der Waals surface area contributed by atoms with Gasteiger partial charge < -0.3 is 15.2 Å². The van der Waals surface area contributed by atoms with Gasteiger partial charge in [0, 0.05) is 11.3 Å². The molecule has 1 unspecified atom stereocenters. The Morgan fingerprint density at radius 3 is 2.56 bits per heavy atom. The molecule has 0 aromatic heterocycles. The van der Waals surface area contributed by atoms with E-state index in [1.807, 2.05) is 0 Å². The molecule has 1 aromatic rings. The first-order valence-corrected chi connectivity index (χ1v) is 5.54. The van der Waals surface area contributed by atoms with E-state index in [9.17, 15) is 13.2 Å². The third-order valence-corrected chi connectivity index (χ3v) is 2.33. The van der Waals surface area contributed by atoms with Crippen LogP contribution in [0.5, 0.6) is 5.75 Å². The Bertz CT molecular complexity index is 393. The number of hydrogen-bond acceptors (Lipinski definition) is 3. The maximum atomic E-state index is 12.3. The van der Waals surface area contributed by atoms with Crippen molar-refractivity contribution in [2.45, 2.75) is 32.7 Å². The van der Waals surface area contributed by atoms with Crippen LogP contribution in [-0.4, -0.2) is 18.9 Å². The summed E-state index contributed by atoms with van der Waals surface area (Å²) >= 11 is 0. The van der Waals surface area contributed by atoms with Crippen molar-refractivity contribution in [1.82, 2.24) is 0 Å². The van der Waals surface area contributed by atoms with Gasteiger partial charge >= 0.3 is 6.18 Å². The molecule has 0 fully saturated rings. The molecule has 102 valence electrons. The Morgan fingerprint density at radius 1 is 1.33 bits per heavy atom. The largest absolute Gasteiger partial charge is 0.494 e. The number of anilines is 1. The van der Waals surface area contributed by atoms with Gasteiger partial charge in [-0.25, -0.2) is 0 Å². The molecule has 18 heavy (non-hydrogen) atoms. The van der Waals surface area contributed by atoms with Gasteiger partial charge in [-0.1, -0.05) is 0 Å². The molecule has 0 saturated heterocycles. The lowest BCUT2D eigenvalue weighted by Gasteiger charge is -2.18. The van der Waals surface area contributed by atoms with Crippen LogP contribution in [0.1, 0.15) is 19.4 Å². The van der Waals surface area contributed by atoms with Crippen molar-refractivity contribution in [1.29, 1.82) is 0 Å². The van der Waals surface area contributed by atoms with Gasteiger partial charge in [0.1, 0.15) is 5.75 Å². The van der Waals surface area contributed by atoms with Crippen molar-refractivity contribution in [3.8, 4) is 5.75 Å². The number of nitrogens with two attached hydrogens (primary N) is 1. The molecule has 0 bridgehead atoms. The van der Waals surface area contributed by atoms with Crippen LogP contribution in [0.2, 0.25) is 0 Å². The molecule has 0 heterocycles. The molecule has 2 N–H and O–H groups in total. The van der Waals surface area contributed by atoms with E-state index in [0.29, 0.717) is 23.6 Å². The van der Waals surface area contributed by atoms with E-state index in [2.05, 4.69) is 0 Å². The fraction of sp³-hybridized carbons (Fsp3) is 0.500. The average molecular weight is 263 g/mol. The lowest BCUT2D eigenvalue weighted by molar-refractivity contribution is -0.217. The van der Waals surface area contributed by atoms with Gasteiger partial charge in [0.2, 0.25) is 0 Å². The summed E-state index contributed by atoms with van der Waals surface area (Å²) in [5.74, 6) is 0.487. The third-order valence-electron chi connectivity index (χ3n) is 2.33. The van der Waals surface area contributed by atoms with Gasteiger partial charge in [-0.2, -0.15) is 13.2 Å². The molecule has 0 aliphatic carbocycles. The van der Waals surface area contributed by atoms with Crippen molar-refractivity contribution in [2.24, 2.45) is 0 Å². The van der Waals surface area contributed by atoms with E-state index in [0.717, 1.165) is 6.92 Å². The van der Waals surface area contributed by atoms with Crippen LogP contribution in [-0.2, 0) is 11.3 Å². The van der Waals surface area contributed by atoms with Gasteiger partial charge in [-0.3, -0.25) is 0 Å². The highest BCUT2D eigenvalue weighted by atomic mass is 19.4. The number of alkyl halides is 3. The molecule has 0 radical (unpaired) electrons. The van der Waals surface area contributed by atoms with E-state index < -0.39 is 12.3 Å². The highest BCUT2D eigenvalue weighted by Crippen LogP contribution is 2.26. The lowest BCUT2D eigenvalue weighted by atomic mass is 10.2. The van der Waals surface area contributed by atoms with Crippen LogP contribution >= 0.6 is 0 Å². The fourth-order valence-electron chi connectivity index (χ4n) is 1.32. The lowest BCUT2D eigenvalue weighted by Crippen LogP contribution is -2.28. The van der Waals surface area contributed by atoms with Crippen molar-refractivity contribution < 1.29 is 22.6 Å². The Morgan fingerprint density at radius 2 is 2.00 bits per heavy atom. The van der Waals surface area contributed by atoms with Gasteiger partial charge in [0.25, 0.3) is 0 Å². The van der Waals surface area contributed by atoms with E-state index in [1.54, 1.807) is 25.1 Å². The zero-order chi connectivity index (χ0) is 13.8. The molecule has 1 atom stereocenters. The van der Waals surface area contributed by atoms with E-state index >= 15 is 0 Å². The van der Waals surface area contributed by atoms with Crippen LogP contribution in [0, 0.1) is 0 Å². The van der Waals surface area contributed by atoms with Crippen molar-refractivity contribution in [2.75, 3.05) is 12.3 Å². The second kappa shape index (κ2) is 5.95. The summed E-state index contributed by atoms with van der Waals surface area (Å²) in [5, 5.41) is 0. The number of benzene rings is 1. The average Bonchev–Trinajstić information content (AvgIpc) is 2.28. The van der Waals surface area contributed by atoms with Crippen molar-refractivity contribution >= 4 is 5.69 Å². The molecular formula is C12H16F3NO2. The Kier molecular flexibility index (Phi) is 4.84. The summed E-state index contributed by atoms with van der Waals surface area (Å²) in [4.78, 5) is 0. The first-order chi connectivity index (χ1) is 8.34. The van der Waals surface area contributed by atoms with Gasteiger partial charge in [0.05, 0.1) is 13.2 Å². The first-order valence-electron chi connectivity index (χ1n) is 5.54. The molecular weight excluding hydrogens is 247 g/mol. The van der Waals surface area contributed by atoms with E-state index in [4.69, 9.17) is 15.2 Å². The molecule has 6 heteroatoms. The van der Waals surface area contributed by atoms with Crippen molar-refractivity contribution in [3.63, 3.8) is 0 Å². The maximum absolute atomic E-state index is 12.3. The number of rotatable bonds is 5. The van der Waals surface area contributed by atoms with Crippen LogP contribution in [0.25, 0.3) is 0 Å². The smallest absolute Gasteiger partial charge is 0.414 e. The SMILES string of the molecule is CCOc1ccc(N)cc1COC(C)C(F)(F)F. The monoisotopic (exact) mass is 263 g/mol. The number of ether oxygens (including phenoxy) is 2. The Hall–Kier alpha value is -1.43. The molecule has 1 rings (SSSR count). The van der Waals surface area contributed by atoms with Gasteiger partial charge in [-0.05, 0) is 32.0 Å². The Balaban J connectivity index is 2.74. The number of halogens is 3. The predicted octanol–water partition coefficient (Wildman–Crippen LogP) is 3.13. The second-order valence-electron chi connectivity index (χ2n) is 3.80. The fourth-order valence-corrected chi connectivity index (χ4v) is 1.32. The van der Waals surface area contributed by atoms with Gasteiger partial charge in [0.15, 0.2) is 6.10 Å². The molecule has 0 aliphatic rings. The van der Waals surface area contributed by atoms with Crippen LogP contribution in [0.4, 0.5) is 18.9 Å². The quantitative estimate of drug-likeness (QED) is 0.830. The minimum atomic E-state index is -4.37. The highest BCUT2D eigenvalue weighted by Gasteiger charge is 2.36. The number of hydrogen-bond donors (Lipinski definition) is 1. The summed E-state index contributed by atoms with van der Waals surface area (Å²) in [6, 6.07) is 4.80. The van der Waals surface area contributed by atoms with Crippen LogP contribution in [0.15, 0.2) is 18.2 Å². The van der Waals surface area contributed by atoms with Gasteiger partial charge in [-0.15, -0.1) is 0 Å². The summed E-state index contributed by atoms with van der Waals surface area (Å²) in [5.41, 5.74) is 6.55. The second-order valence-corrected chi connectivity index (χ2v) is 3.80. The Labute approximate surface area is 104 Å². The summed E-state index contributed by atoms with van der Waals surface area (Å²) in [7, 11) is 0. The summed E-state index contributed by atoms with van der Waals surface area (Å²) < 4.78 is 47.0. The minimum Gasteiger partial charge on any atom is -0.494 e. The molecule has 0 saturated carbocycles. The van der Waals surface area contributed by atoms with E-state index in [-0.39, 0.29) is 6.61 Å². The van der Waals surface area contributed by atoms with Crippen LogP contribution in [0.3, 0.4) is 0 Å². The molecule has 1 aromatic carbocycles. The standard InChI is InChI=1S/C12H16F3NO2/c1-3-17-11-5-4-10(16)6-9(11)7-18-8(2)12(13,14)15/h4-6,8H,3,7,16H2,1-2H3. The zero-order valence-corrected chi connectivity index (χ0v) is 10.3. The molecule has 0 spiro atoms. The highest BCUT2D eigenvalue weighted by molar-refractivity contribution is 5.47. The molecule has 0 amide bonds. The third kappa shape index (κ3) is 4.10. The zero-order valence-electron chi connectivity index (χ0n) is 10.3. The predicted molar refractivity (Wildman–Crippen MR) is 62.3 cm³/mol.